The third-order valence-electron chi connectivity index (χ3n) is 4.72. The summed E-state index contributed by atoms with van der Waals surface area (Å²) in [6.45, 7) is 0. The smallest absolute Gasteiger partial charge is 0.166 e. The lowest BCUT2D eigenvalue weighted by molar-refractivity contribution is -0.143. The van der Waals surface area contributed by atoms with Gasteiger partial charge in [-0.05, 0) is 51.4 Å². The molecule has 4 heteroatoms. The Hall–Kier alpha value is -1.94. The molecule has 3 aliphatic rings. The van der Waals surface area contributed by atoms with Crippen molar-refractivity contribution in [3.63, 3.8) is 0 Å². The maximum atomic E-state index is 9.03. The molecule has 2 spiro atoms. The first-order valence-corrected chi connectivity index (χ1v) is 7.33. The number of hydrogen-bond donors (Lipinski definition) is 0. The van der Waals surface area contributed by atoms with Gasteiger partial charge in [0.05, 0.1) is 24.3 Å². The molecule has 3 rings (SSSR count). The molecule has 0 bridgehead atoms. The van der Waals surface area contributed by atoms with Crippen molar-refractivity contribution in [1.82, 2.24) is 0 Å². The minimum atomic E-state index is -0.508. The van der Waals surface area contributed by atoms with Crippen LogP contribution in [0, 0.1) is 22.7 Å². The fraction of sp³-hybridized carbons (Fsp3) is 0.625. The van der Waals surface area contributed by atoms with E-state index in [1.165, 1.54) is 12.2 Å². The highest BCUT2D eigenvalue weighted by molar-refractivity contribution is 5.31. The monoisotopic (exact) mass is 270 g/mol. The molecule has 0 aromatic heterocycles. The lowest BCUT2D eigenvalue weighted by atomic mass is 9.90. The second-order valence-electron chi connectivity index (χ2n) is 5.88. The lowest BCUT2D eigenvalue weighted by Gasteiger charge is -2.46. The van der Waals surface area contributed by atoms with Crippen molar-refractivity contribution in [3.8, 4) is 12.1 Å². The van der Waals surface area contributed by atoms with Gasteiger partial charge in [-0.1, -0.05) is 0 Å². The van der Waals surface area contributed by atoms with E-state index in [4.69, 9.17) is 20.0 Å². The van der Waals surface area contributed by atoms with E-state index in [0.29, 0.717) is 11.5 Å². The summed E-state index contributed by atoms with van der Waals surface area (Å²) in [4.78, 5) is 0. The quantitative estimate of drug-likeness (QED) is 0.632. The molecule has 0 aromatic rings. The van der Waals surface area contributed by atoms with Crippen LogP contribution in [0.2, 0.25) is 0 Å². The van der Waals surface area contributed by atoms with E-state index < -0.39 is 11.2 Å². The molecular formula is C16H18N2O2. The molecule has 4 nitrogen and oxygen atoms in total. The molecule has 1 saturated heterocycles. The van der Waals surface area contributed by atoms with E-state index in [0.717, 1.165) is 51.4 Å². The van der Waals surface area contributed by atoms with E-state index >= 15 is 0 Å². The van der Waals surface area contributed by atoms with Crippen LogP contribution in [0.4, 0.5) is 0 Å². The number of rotatable bonds is 0. The Labute approximate surface area is 119 Å². The highest BCUT2D eigenvalue weighted by atomic mass is 16.6. The first-order valence-electron chi connectivity index (χ1n) is 7.33. The fourth-order valence-corrected chi connectivity index (χ4v) is 3.74. The zero-order chi connectivity index (χ0) is 14.1. The van der Waals surface area contributed by atoms with E-state index in [1.807, 2.05) is 0 Å². The minimum Gasteiger partial charge on any atom is -0.479 e. The third-order valence-corrected chi connectivity index (χ3v) is 4.72. The standard InChI is InChI=1S/C16H18N2O2/c17-11-5-13-15(7-1-2-8-15)19-14(6-12-18)16(20-13)9-3-4-10-16/h5-6H,1-4,7-10H2. The van der Waals surface area contributed by atoms with Crippen molar-refractivity contribution < 1.29 is 9.47 Å². The van der Waals surface area contributed by atoms with Gasteiger partial charge in [-0.25, -0.2) is 0 Å². The molecule has 0 aromatic carbocycles. The molecule has 0 amide bonds. The molecule has 0 unspecified atom stereocenters. The van der Waals surface area contributed by atoms with Crippen LogP contribution in [0.15, 0.2) is 23.7 Å². The van der Waals surface area contributed by atoms with Gasteiger partial charge in [0, 0.05) is 0 Å². The summed E-state index contributed by atoms with van der Waals surface area (Å²) in [5, 5.41) is 18.1. The molecule has 3 fully saturated rings. The molecular weight excluding hydrogens is 252 g/mol. The summed E-state index contributed by atoms with van der Waals surface area (Å²) in [6, 6.07) is 4.18. The average Bonchev–Trinajstić information content (AvgIpc) is 3.07. The van der Waals surface area contributed by atoms with E-state index in [9.17, 15) is 0 Å². The second-order valence-corrected chi connectivity index (χ2v) is 5.88. The van der Waals surface area contributed by atoms with Crippen LogP contribution in [0.25, 0.3) is 0 Å². The molecule has 1 heterocycles. The minimum absolute atomic E-state index is 0.508. The molecule has 1 aliphatic heterocycles. The second kappa shape index (κ2) is 4.87. The van der Waals surface area contributed by atoms with Crippen LogP contribution in [0.1, 0.15) is 51.4 Å². The maximum absolute atomic E-state index is 9.03. The van der Waals surface area contributed by atoms with Gasteiger partial charge in [0.25, 0.3) is 0 Å². The summed E-state index contributed by atoms with van der Waals surface area (Å²) >= 11 is 0. The SMILES string of the molecule is N#CC=C1OC2(CCCC2)C(=CC#N)OC12CCCC2. The Balaban J connectivity index is 2.02. The Morgan fingerprint density at radius 1 is 0.750 bits per heavy atom. The van der Waals surface area contributed by atoms with Crippen LogP contribution < -0.4 is 0 Å². The Kier molecular flexibility index (Phi) is 3.18. The number of hydrogen-bond acceptors (Lipinski definition) is 4. The molecule has 0 radical (unpaired) electrons. The van der Waals surface area contributed by atoms with Crippen molar-refractivity contribution in [2.75, 3.05) is 0 Å². The Morgan fingerprint density at radius 3 is 1.40 bits per heavy atom. The fourth-order valence-electron chi connectivity index (χ4n) is 3.74. The van der Waals surface area contributed by atoms with E-state index in [2.05, 4.69) is 12.1 Å². The van der Waals surface area contributed by atoms with Gasteiger partial charge >= 0.3 is 0 Å². The first kappa shape index (κ1) is 13.1. The van der Waals surface area contributed by atoms with Gasteiger partial charge < -0.3 is 9.47 Å². The zero-order valence-electron chi connectivity index (χ0n) is 11.5. The lowest BCUT2D eigenvalue weighted by Crippen LogP contribution is -2.48. The van der Waals surface area contributed by atoms with Gasteiger partial charge in [0.1, 0.15) is 0 Å². The van der Waals surface area contributed by atoms with E-state index in [-0.39, 0.29) is 0 Å². The topological polar surface area (TPSA) is 66.0 Å². The predicted molar refractivity (Wildman–Crippen MR) is 72.0 cm³/mol. The largest absolute Gasteiger partial charge is 0.479 e. The number of nitriles is 2. The third kappa shape index (κ3) is 1.88. The van der Waals surface area contributed by atoms with Crippen LogP contribution in [-0.4, -0.2) is 11.2 Å². The molecule has 0 atom stereocenters. The summed E-state index contributed by atoms with van der Waals surface area (Å²) < 4.78 is 12.5. The molecule has 104 valence electrons. The summed E-state index contributed by atoms with van der Waals surface area (Å²) in [7, 11) is 0. The molecule has 20 heavy (non-hydrogen) atoms. The van der Waals surface area contributed by atoms with Crippen LogP contribution in [0.3, 0.4) is 0 Å². The molecule has 0 N–H and O–H groups in total. The van der Waals surface area contributed by atoms with Crippen molar-refractivity contribution in [2.24, 2.45) is 0 Å². The summed E-state index contributed by atoms with van der Waals surface area (Å²) in [6.07, 6.45) is 10.7. The average molecular weight is 270 g/mol. The summed E-state index contributed by atoms with van der Waals surface area (Å²) in [5.74, 6) is 1.35. The van der Waals surface area contributed by atoms with Gasteiger partial charge in [-0.2, -0.15) is 10.5 Å². The Bertz CT molecular complexity index is 486. The Morgan fingerprint density at radius 2 is 1.10 bits per heavy atom. The van der Waals surface area contributed by atoms with Gasteiger partial charge in [0.15, 0.2) is 22.7 Å². The highest BCUT2D eigenvalue weighted by Crippen LogP contribution is 2.53. The van der Waals surface area contributed by atoms with Crippen LogP contribution in [0.5, 0.6) is 0 Å². The van der Waals surface area contributed by atoms with Crippen molar-refractivity contribution in [2.45, 2.75) is 62.6 Å². The zero-order valence-corrected chi connectivity index (χ0v) is 11.5. The van der Waals surface area contributed by atoms with Gasteiger partial charge in [0.2, 0.25) is 0 Å². The van der Waals surface area contributed by atoms with Crippen LogP contribution >= 0.6 is 0 Å². The van der Waals surface area contributed by atoms with Crippen LogP contribution in [-0.2, 0) is 9.47 Å². The normalized spacial score (nSPS) is 30.1. The highest BCUT2D eigenvalue weighted by Gasteiger charge is 2.54. The summed E-state index contributed by atoms with van der Waals surface area (Å²) in [5.41, 5.74) is -1.02. The predicted octanol–water partition coefficient (Wildman–Crippen LogP) is 3.47. The maximum Gasteiger partial charge on any atom is 0.166 e. The van der Waals surface area contributed by atoms with Crippen molar-refractivity contribution in [3.05, 3.63) is 23.7 Å². The van der Waals surface area contributed by atoms with E-state index in [1.54, 1.807) is 0 Å². The number of nitrogens with zero attached hydrogens (tertiary/aromatic N) is 2. The van der Waals surface area contributed by atoms with Gasteiger partial charge in [-0.15, -0.1) is 0 Å². The van der Waals surface area contributed by atoms with Crippen molar-refractivity contribution >= 4 is 0 Å². The molecule has 2 saturated carbocycles. The first-order chi connectivity index (χ1) is 9.75. The molecule has 2 aliphatic carbocycles. The number of allylic oxidation sites excluding steroid dienone is 2. The number of ether oxygens (including phenoxy) is 2. The van der Waals surface area contributed by atoms with Crippen molar-refractivity contribution in [1.29, 1.82) is 10.5 Å². The van der Waals surface area contributed by atoms with Gasteiger partial charge in [-0.3, -0.25) is 0 Å².